The van der Waals surface area contributed by atoms with Gasteiger partial charge >= 0.3 is 0 Å². The predicted molar refractivity (Wildman–Crippen MR) is 66.8 cm³/mol. The van der Waals surface area contributed by atoms with E-state index in [-0.39, 0.29) is 5.41 Å². The Labute approximate surface area is 102 Å². The van der Waals surface area contributed by atoms with Crippen LogP contribution in [0.1, 0.15) is 38.2 Å². The summed E-state index contributed by atoms with van der Waals surface area (Å²) in [5, 5.41) is 0.731. The van der Waals surface area contributed by atoms with Gasteiger partial charge in [0.25, 0.3) is 0 Å². The van der Waals surface area contributed by atoms with Crippen LogP contribution in [-0.4, -0.2) is 6.29 Å². The van der Waals surface area contributed by atoms with Gasteiger partial charge in [-0.15, -0.1) is 0 Å². The molecule has 2 heteroatoms. The number of halogens is 1. The Balaban J connectivity index is 2.27. The van der Waals surface area contributed by atoms with Gasteiger partial charge in [0.1, 0.15) is 6.29 Å². The van der Waals surface area contributed by atoms with Crippen LogP contribution in [0.4, 0.5) is 0 Å². The number of aldehydes is 1. The van der Waals surface area contributed by atoms with Gasteiger partial charge < -0.3 is 4.79 Å². The number of carbonyl (C=O) groups excluding carboxylic acids is 1. The summed E-state index contributed by atoms with van der Waals surface area (Å²) < 4.78 is 0. The van der Waals surface area contributed by atoms with Crippen molar-refractivity contribution in [3.8, 4) is 0 Å². The van der Waals surface area contributed by atoms with Gasteiger partial charge in [0, 0.05) is 5.02 Å². The Morgan fingerprint density at radius 1 is 1.25 bits per heavy atom. The van der Waals surface area contributed by atoms with Crippen molar-refractivity contribution in [2.24, 2.45) is 5.92 Å². The minimum absolute atomic E-state index is 0.253. The van der Waals surface area contributed by atoms with Gasteiger partial charge in [0.05, 0.1) is 5.41 Å². The van der Waals surface area contributed by atoms with Gasteiger partial charge in [-0.2, -0.15) is 0 Å². The average molecular weight is 237 g/mol. The Kier molecular flexibility index (Phi) is 3.34. The first-order chi connectivity index (χ1) is 7.66. The van der Waals surface area contributed by atoms with Gasteiger partial charge in [0.2, 0.25) is 0 Å². The number of rotatable bonds is 2. The molecule has 0 spiro atoms. The summed E-state index contributed by atoms with van der Waals surface area (Å²) in [7, 11) is 0. The van der Waals surface area contributed by atoms with E-state index in [0.717, 1.165) is 48.5 Å². The Morgan fingerprint density at radius 2 is 1.81 bits per heavy atom. The lowest BCUT2D eigenvalue weighted by molar-refractivity contribution is -0.113. The fourth-order valence-corrected chi connectivity index (χ4v) is 2.66. The number of benzene rings is 1. The molecular weight excluding hydrogens is 220 g/mol. The highest BCUT2D eigenvalue weighted by atomic mass is 35.5. The van der Waals surface area contributed by atoms with Crippen molar-refractivity contribution in [2.75, 3.05) is 0 Å². The lowest BCUT2D eigenvalue weighted by atomic mass is 9.68. The summed E-state index contributed by atoms with van der Waals surface area (Å²) in [6.45, 7) is 2.26. The van der Waals surface area contributed by atoms with Crippen LogP contribution in [0.5, 0.6) is 0 Å². The molecular formula is C14H17ClO. The van der Waals surface area contributed by atoms with Crippen LogP contribution in [0.2, 0.25) is 5.02 Å². The minimum atomic E-state index is -0.253. The molecule has 0 bridgehead atoms. The van der Waals surface area contributed by atoms with Gasteiger partial charge in [-0.1, -0.05) is 30.7 Å². The average Bonchev–Trinajstić information content (AvgIpc) is 2.32. The summed E-state index contributed by atoms with van der Waals surface area (Å²) in [5.41, 5.74) is 0.871. The molecule has 0 radical (unpaired) electrons. The van der Waals surface area contributed by atoms with E-state index in [9.17, 15) is 4.79 Å². The summed E-state index contributed by atoms with van der Waals surface area (Å²) in [6.07, 6.45) is 5.36. The normalized spacial score (nSPS) is 30.0. The topological polar surface area (TPSA) is 17.1 Å². The van der Waals surface area contributed by atoms with Crippen molar-refractivity contribution in [2.45, 2.75) is 38.0 Å². The molecule has 2 rings (SSSR count). The van der Waals surface area contributed by atoms with Crippen molar-refractivity contribution in [3.05, 3.63) is 34.9 Å². The first-order valence-corrected chi connectivity index (χ1v) is 6.26. The van der Waals surface area contributed by atoms with Crippen molar-refractivity contribution in [3.63, 3.8) is 0 Å². The third-order valence-corrected chi connectivity index (χ3v) is 4.06. The Bertz CT molecular complexity index is 361. The fourth-order valence-electron chi connectivity index (χ4n) is 2.53. The molecule has 1 saturated carbocycles. The van der Waals surface area contributed by atoms with Crippen molar-refractivity contribution in [1.29, 1.82) is 0 Å². The molecule has 0 atom stereocenters. The van der Waals surface area contributed by atoms with E-state index in [2.05, 4.69) is 6.92 Å². The van der Waals surface area contributed by atoms with Gasteiger partial charge in [0.15, 0.2) is 0 Å². The van der Waals surface area contributed by atoms with E-state index in [4.69, 9.17) is 11.6 Å². The maximum Gasteiger partial charge on any atom is 0.130 e. The lowest BCUT2D eigenvalue weighted by Crippen LogP contribution is -2.32. The zero-order chi connectivity index (χ0) is 11.6. The third-order valence-electron chi connectivity index (χ3n) is 3.81. The smallest absolute Gasteiger partial charge is 0.130 e. The second-order valence-electron chi connectivity index (χ2n) is 4.96. The highest BCUT2D eigenvalue weighted by Gasteiger charge is 2.35. The summed E-state index contributed by atoms with van der Waals surface area (Å²) in [6, 6.07) is 7.74. The van der Waals surface area contributed by atoms with Crippen LogP contribution < -0.4 is 0 Å². The monoisotopic (exact) mass is 236 g/mol. The number of hydrogen-bond acceptors (Lipinski definition) is 1. The van der Waals surface area contributed by atoms with E-state index in [1.54, 1.807) is 0 Å². The highest BCUT2D eigenvalue weighted by molar-refractivity contribution is 6.30. The molecule has 1 nitrogen and oxygen atoms in total. The van der Waals surface area contributed by atoms with E-state index in [1.165, 1.54) is 0 Å². The maximum absolute atomic E-state index is 11.4. The second kappa shape index (κ2) is 4.58. The molecule has 0 saturated heterocycles. The molecule has 1 aromatic rings. The quantitative estimate of drug-likeness (QED) is 0.710. The highest BCUT2D eigenvalue weighted by Crippen LogP contribution is 2.40. The lowest BCUT2D eigenvalue weighted by Gasteiger charge is -2.35. The van der Waals surface area contributed by atoms with Gasteiger partial charge in [-0.25, -0.2) is 0 Å². The molecule has 0 aliphatic heterocycles. The zero-order valence-electron chi connectivity index (χ0n) is 9.58. The van der Waals surface area contributed by atoms with E-state index < -0.39 is 0 Å². The molecule has 0 aromatic heterocycles. The van der Waals surface area contributed by atoms with Crippen molar-refractivity contribution in [1.82, 2.24) is 0 Å². The predicted octanol–water partition coefficient (Wildman–Crippen LogP) is 3.99. The molecule has 1 aliphatic carbocycles. The fraction of sp³-hybridized carbons (Fsp3) is 0.500. The third kappa shape index (κ3) is 2.15. The van der Waals surface area contributed by atoms with Crippen molar-refractivity contribution >= 4 is 17.9 Å². The molecule has 0 amide bonds. The molecule has 1 fully saturated rings. The molecule has 0 N–H and O–H groups in total. The molecule has 0 unspecified atom stereocenters. The van der Waals surface area contributed by atoms with Gasteiger partial charge in [-0.05, 0) is 49.3 Å². The van der Waals surface area contributed by atoms with Crippen LogP contribution in [-0.2, 0) is 10.2 Å². The summed E-state index contributed by atoms with van der Waals surface area (Å²) in [4.78, 5) is 11.4. The van der Waals surface area contributed by atoms with Crippen molar-refractivity contribution < 1.29 is 4.79 Å². The zero-order valence-corrected chi connectivity index (χ0v) is 10.3. The van der Waals surface area contributed by atoms with Crippen LogP contribution >= 0.6 is 11.6 Å². The SMILES string of the molecule is CC1CCC(C=O)(c2ccc(Cl)cc2)CC1. The van der Waals surface area contributed by atoms with Gasteiger partial charge in [-0.3, -0.25) is 0 Å². The van der Waals surface area contributed by atoms with E-state index >= 15 is 0 Å². The molecule has 86 valence electrons. The van der Waals surface area contributed by atoms with Crippen LogP contribution in [0.15, 0.2) is 24.3 Å². The maximum atomic E-state index is 11.4. The Morgan fingerprint density at radius 3 is 2.31 bits per heavy atom. The number of hydrogen-bond donors (Lipinski definition) is 0. The second-order valence-corrected chi connectivity index (χ2v) is 5.40. The molecule has 16 heavy (non-hydrogen) atoms. The summed E-state index contributed by atoms with van der Waals surface area (Å²) in [5.74, 6) is 0.750. The van der Waals surface area contributed by atoms with E-state index in [0.29, 0.717) is 0 Å². The van der Waals surface area contributed by atoms with Crippen LogP contribution in [0.3, 0.4) is 0 Å². The first kappa shape index (κ1) is 11.7. The molecule has 0 heterocycles. The Hall–Kier alpha value is -0.820. The molecule has 1 aromatic carbocycles. The first-order valence-electron chi connectivity index (χ1n) is 5.89. The minimum Gasteiger partial charge on any atom is -0.302 e. The summed E-state index contributed by atoms with van der Waals surface area (Å²) >= 11 is 5.87. The standard InChI is InChI=1S/C14H17ClO/c1-11-6-8-14(10-16,9-7-11)12-2-4-13(15)5-3-12/h2-5,10-11H,6-9H2,1H3. The van der Waals surface area contributed by atoms with Crippen LogP contribution in [0, 0.1) is 5.92 Å². The van der Waals surface area contributed by atoms with E-state index in [1.807, 2.05) is 24.3 Å². The number of carbonyl (C=O) groups is 1. The van der Waals surface area contributed by atoms with Crippen LogP contribution in [0.25, 0.3) is 0 Å². The largest absolute Gasteiger partial charge is 0.302 e. The molecule has 1 aliphatic rings.